The van der Waals surface area contributed by atoms with Crippen molar-refractivity contribution in [1.29, 1.82) is 0 Å². The quantitative estimate of drug-likeness (QED) is 0.593. The van der Waals surface area contributed by atoms with Crippen LogP contribution in [0.25, 0.3) is 0 Å². The number of imide groups is 1. The molecular formula is C19H19FN2O3S. The third kappa shape index (κ3) is 3.26. The zero-order chi connectivity index (χ0) is 18.7. The minimum atomic E-state index is -1.25. The van der Waals surface area contributed by atoms with E-state index in [0.717, 1.165) is 11.3 Å². The van der Waals surface area contributed by atoms with Gasteiger partial charge in [0.1, 0.15) is 11.4 Å². The van der Waals surface area contributed by atoms with E-state index in [4.69, 9.17) is 0 Å². The van der Waals surface area contributed by atoms with Crippen molar-refractivity contribution in [2.75, 3.05) is 6.54 Å². The van der Waals surface area contributed by atoms with Crippen LogP contribution in [0.3, 0.4) is 0 Å². The molecular weight excluding hydrogens is 355 g/mol. The van der Waals surface area contributed by atoms with E-state index in [2.05, 4.69) is 5.32 Å². The number of unbranched alkanes of at least 4 members (excludes halogenated alkanes) is 1. The van der Waals surface area contributed by atoms with Gasteiger partial charge < -0.3 is 5.32 Å². The average molecular weight is 374 g/mol. The van der Waals surface area contributed by atoms with Crippen LogP contribution in [0.2, 0.25) is 0 Å². The Hall–Kier alpha value is -2.54. The van der Waals surface area contributed by atoms with E-state index < -0.39 is 23.3 Å². The molecule has 3 rings (SSSR count). The van der Waals surface area contributed by atoms with Crippen molar-refractivity contribution < 1.29 is 18.8 Å². The van der Waals surface area contributed by atoms with E-state index in [9.17, 15) is 18.8 Å². The molecule has 1 N–H and O–H groups in total. The molecule has 1 aromatic heterocycles. The number of amides is 3. The third-order valence-corrected chi connectivity index (χ3v) is 5.43. The summed E-state index contributed by atoms with van der Waals surface area (Å²) in [4.78, 5) is 39.4. The van der Waals surface area contributed by atoms with Crippen LogP contribution in [0.1, 0.15) is 41.4 Å². The van der Waals surface area contributed by atoms with E-state index in [1.54, 1.807) is 17.5 Å². The lowest BCUT2D eigenvalue weighted by molar-refractivity contribution is -0.131. The number of hydrogen-bond donors (Lipinski definition) is 1. The van der Waals surface area contributed by atoms with Crippen LogP contribution in [-0.2, 0) is 10.3 Å². The molecule has 0 spiro atoms. The van der Waals surface area contributed by atoms with Crippen LogP contribution < -0.4 is 5.32 Å². The highest BCUT2D eigenvalue weighted by molar-refractivity contribution is 7.12. The second kappa shape index (κ2) is 7.37. The number of nitrogens with zero attached hydrogens (tertiary/aromatic N) is 1. The molecule has 1 aromatic carbocycles. The van der Waals surface area contributed by atoms with Crippen LogP contribution in [0.4, 0.5) is 9.18 Å². The van der Waals surface area contributed by atoms with Crippen molar-refractivity contribution in [3.05, 3.63) is 58.0 Å². The fourth-order valence-corrected chi connectivity index (χ4v) is 3.77. The Morgan fingerprint density at radius 2 is 1.96 bits per heavy atom. The molecule has 3 amide bonds. The number of thiophene rings is 1. The molecule has 2 heterocycles. The molecule has 1 saturated heterocycles. The van der Waals surface area contributed by atoms with Crippen LogP contribution in [-0.4, -0.2) is 29.2 Å². The molecule has 0 saturated carbocycles. The largest absolute Gasteiger partial charge is 0.325 e. The van der Waals surface area contributed by atoms with Crippen molar-refractivity contribution in [2.45, 2.75) is 31.7 Å². The molecule has 1 aliphatic rings. The first kappa shape index (κ1) is 18.3. The van der Waals surface area contributed by atoms with Crippen molar-refractivity contribution in [1.82, 2.24) is 10.2 Å². The first-order valence-corrected chi connectivity index (χ1v) is 9.33. The van der Waals surface area contributed by atoms with E-state index in [-0.39, 0.29) is 12.3 Å². The Kier molecular flexibility index (Phi) is 5.18. The molecule has 2 aromatic rings. The number of Topliss-reactive ketones (excluding diaryl/α,β-unsaturated/α-hetero) is 1. The lowest BCUT2D eigenvalue weighted by Crippen LogP contribution is -2.44. The molecule has 7 heteroatoms. The smallest absolute Gasteiger partial charge is 0.319 e. The van der Waals surface area contributed by atoms with Gasteiger partial charge >= 0.3 is 6.03 Å². The summed E-state index contributed by atoms with van der Waals surface area (Å²) in [6.45, 7) is 1.68. The highest BCUT2D eigenvalue weighted by atomic mass is 32.1. The number of benzene rings is 1. The van der Waals surface area contributed by atoms with Gasteiger partial charge in [-0.05, 0) is 35.6 Å². The molecule has 1 aliphatic heterocycles. The standard InChI is InChI=1S/C19H19FN2O3S/c1-2-3-10-19(13-6-8-14(20)9-7-13)17(24)22(18(25)21-19)12-15(23)16-5-4-11-26-16/h4-9,11H,2-3,10,12H2,1H3,(H,21,25)/t19-/m1/s1. The summed E-state index contributed by atoms with van der Waals surface area (Å²) in [5.41, 5.74) is -0.729. The zero-order valence-electron chi connectivity index (χ0n) is 14.3. The molecule has 1 atom stereocenters. The van der Waals surface area contributed by atoms with Crippen molar-refractivity contribution in [3.63, 3.8) is 0 Å². The summed E-state index contributed by atoms with van der Waals surface area (Å²) in [5.74, 6) is -1.16. The van der Waals surface area contributed by atoms with E-state index >= 15 is 0 Å². The number of rotatable bonds is 7. The summed E-state index contributed by atoms with van der Waals surface area (Å²) in [5, 5.41) is 4.52. The second-order valence-corrected chi connectivity index (χ2v) is 7.19. The van der Waals surface area contributed by atoms with Gasteiger partial charge in [0.15, 0.2) is 5.78 Å². The van der Waals surface area contributed by atoms with Gasteiger partial charge in [-0.15, -0.1) is 11.3 Å². The predicted octanol–water partition coefficient (Wildman–Crippen LogP) is 3.71. The van der Waals surface area contributed by atoms with Gasteiger partial charge in [-0.1, -0.05) is 38.0 Å². The van der Waals surface area contributed by atoms with Crippen LogP contribution in [0.15, 0.2) is 41.8 Å². The summed E-state index contributed by atoms with van der Waals surface area (Å²) in [7, 11) is 0. The Morgan fingerprint density at radius 1 is 1.23 bits per heavy atom. The van der Waals surface area contributed by atoms with E-state index in [1.807, 2.05) is 6.92 Å². The summed E-state index contributed by atoms with van der Waals surface area (Å²) < 4.78 is 13.3. The second-order valence-electron chi connectivity index (χ2n) is 6.24. The predicted molar refractivity (Wildman–Crippen MR) is 96.5 cm³/mol. The summed E-state index contributed by atoms with van der Waals surface area (Å²) in [6, 6.07) is 8.36. The van der Waals surface area contributed by atoms with Gasteiger partial charge in [0.2, 0.25) is 0 Å². The zero-order valence-corrected chi connectivity index (χ0v) is 15.1. The number of ketones is 1. The first-order chi connectivity index (χ1) is 12.5. The van der Waals surface area contributed by atoms with Gasteiger partial charge in [-0.3, -0.25) is 14.5 Å². The monoisotopic (exact) mass is 374 g/mol. The Morgan fingerprint density at radius 3 is 2.58 bits per heavy atom. The third-order valence-electron chi connectivity index (χ3n) is 4.52. The molecule has 5 nitrogen and oxygen atoms in total. The van der Waals surface area contributed by atoms with Gasteiger partial charge in [0.05, 0.1) is 11.4 Å². The number of halogens is 1. The van der Waals surface area contributed by atoms with E-state index in [0.29, 0.717) is 23.3 Å². The SMILES string of the molecule is CCCC[C@]1(c2ccc(F)cc2)NC(=O)N(CC(=O)c2cccs2)C1=O. The highest BCUT2D eigenvalue weighted by Gasteiger charge is 2.52. The first-order valence-electron chi connectivity index (χ1n) is 8.45. The maximum absolute atomic E-state index is 13.3. The van der Waals surface area contributed by atoms with Crippen molar-refractivity contribution in [2.24, 2.45) is 0 Å². The molecule has 0 aliphatic carbocycles. The molecule has 0 unspecified atom stereocenters. The Labute approximate surface area is 154 Å². The lowest BCUT2D eigenvalue weighted by atomic mass is 9.84. The van der Waals surface area contributed by atoms with Gasteiger partial charge in [0, 0.05) is 0 Å². The summed E-state index contributed by atoms with van der Waals surface area (Å²) >= 11 is 1.27. The van der Waals surface area contributed by atoms with Crippen LogP contribution in [0, 0.1) is 5.82 Å². The molecule has 1 fully saturated rings. The maximum Gasteiger partial charge on any atom is 0.325 e. The fourth-order valence-electron chi connectivity index (χ4n) is 3.11. The number of urea groups is 1. The summed E-state index contributed by atoms with van der Waals surface area (Å²) in [6.07, 6.45) is 1.93. The van der Waals surface area contributed by atoms with Gasteiger partial charge in [-0.2, -0.15) is 0 Å². The Balaban J connectivity index is 1.91. The minimum Gasteiger partial charge on any atom is -0.319 e. The normalized spacial score (nSPS) is 19.7. The molecule has 26 heavy (non-hydrogen) atoms. The van der Waals surface area contributed by atoms with Crippen molar-refractivity contribution in [3.8, 4) is 0 Å². The highest BCUT2D eigenvalue weighted by Crippen LogP contribution is 2.34. The number of carbonyl (C=O) groups is 3. The maximum atomic E-state index is 13.3. The fraction of sp³-hybridized carbons (Fsp3) is 0.316. The van der Waals surface area contributed by atoms with Crippen molar-refractivity contribution >= 4 is 29.1 Å². The molecule has 136 valence electrons. The average Bonchev–Trinajstić information content (AvgIpc) is 3.24. The molecule has 0 bridgehead atoms. The number of hydrogen-bond acceptors (Lipinski definition) is 4. The number of nitrogens with one attached hydrogen (secondary N) is 1. The molecule has 0 radical (unpaired) electrons. The van der Waals surface area contributed by atoms with Gasteiger partial charge in [0.25, 0.3) is 5.91 Å². The van der Waals surface area contributed by atoms with Crippen LogP contribution in [0.5, 0.6) is 0 Å². The Bertz CT molecular complexity index is 820. The van der Waals surface area contributed by atoms with E-state index in [1.165, 1.54) is 35.6 Å². The minimum absolute atomic E-state index is 0.283. The lowest BCUT2D eigenvalue weighted by Gasteiger charge is -2.27. The van der Waals surface area contributed by atoms with Crippen LogP contribution >= 0.6 is 11.3 Å². The van der Waals surface area contributed by atoms with Gasteiger partial charge in [-0.25, -0.2) is 9.18 Å². The number of carbonyl (C=O) groups excluding carboxylic acids is 3. The topological polar surface area (TPSA) is 66.5 Å².